The number of ketones is 1. The Hall–Kier alpha value is -4.33. The van der Waals surface area contributed by atoms with Crippen LogP contribution >= 0.6 is 0 Å². The van der Waals surface area contributed by atoms with Crippen LogP contribution in [0.1, 0.15) is 29.7 Å². The second-order valence-electron chi connectivity index (χ2n) is 8.15. The molecule has 1 saturated heterocycles. The van der Waals surface area contributed by atoms with Gasteiger partial charge in [0, 0.05) is 24.5 Å². The van der Waals surface area contributed by atoms with Crippen molar-refractivity contribution in [2.24, 2.45) is 0 Å². The number of pyridine rings is 1. The monoisotopic (exact) mass is 472 g/mol. The molecule has 0 saturated carbocycles. The molecule has 2 aliphatic rings. The van der Waals surface area contributed by atoms with E-state index in [2.05, 4.69) is 4.98 Å². The fraction of sp³-hybridized carbons (Fsp3) is 0.222. The van der Waals surface area contributed by atoms with E-state index in [0.29, 0.717) is 48.2 Å². The third-order valence-electron chi connectivity index (χ3n) is 5.92. The van der Waals surface area contributed by atoms with Gasteiger partial charge in [-0.1, -0.05) is 18.2 Å². The van der Waals surface area contributed by atoms with Crippen molar-refractivity contribution in [3.63, 3.8) is 0 Å². The number of likely N-dealkylation sites (tertiary alicyclic amines) is 1. The number of aliphatic hydroxyl groups is 1. The Balaban J connectivity index is 1.63. The number of carbonyl (C=O) groups excluding carboxylic acids is 2. The predicted octanol–water partition coefficient (Wildman–Crippen LogP) is 3.87. The molecule has 1 fully saturated rings. The summed E-state index contributed by atoms with van der Waals surface area (Å²) < 4.78 is 16.8. The Kier molecular flexibility index (Phi) is 6.10. The smallest absolute Gasteiger partial charge is 0.295 e. The predicted molar refractivity (Wildman–Crippen MR) is 127 cm³/mol. The maximum Gasteiger partial charge on any atom is 0.295 e. The van der Waals surface area contributed by atoms with Crippen LogP contribution in [0.3, 0.4) is 0 Å². The van der Waals surface area contributed by atoms with Gasteiger partial charge in [0.05, 0.1) is 18.2 Å². The van der Waals surface area contributed by atoms with Crippen LogP contribution in [0.2, 0.25) is 0 Å². The molecule has 0 unspecified atom stereocenters. The third kappa shape index (κ3) is 4.30. The van der Waals surface area contributed by atoms with Crippen LogP contribution in [0.4, 0.5) is 0 Å². The summed E-state index contributed by atoms with van der Waals surface area (Å²) in [7, 11) is 0. The quantitative estimate of drug-likeness (QED) is 0.330. The van der Waals surface area contributed by atoms with Crippen LogP contribution in [0.25, 0.3) is 5.76 Å². The number of aromatic nitrogens is 1. The molecule has 8 nitrogen and oxygen atoms in total. The zero-order valence-electron chi connectivity index (χ0n) is 19.1. The molecular weight excluding hydrogens is 448 g/mol. The van der Waals surface area contributed by atoms with Gasteiger partial charge in [0.25, 0.3) is 11.7 Å². The van der Waals surface area contributed by atoms with Crippen molar-refractivity contribution in [1.29, 1.82) is 0 Å². The van der Waals surface area contributed by atoms with Crippen molar-refractivity contribution in [3.8, 4) is 17.2 Å². The van der Waals surface area contributed by atoms with Gasteiger partial charge in [-0.25, -0.2) is 0 Å². The summed E-state index contributed by atoms with van der Waals surface area (Å²) in [5.41, 5.74) is 1.78. The molecule has 0 radical (unpaired) electrons. The second kappa shape index (κ2) is 9.50. The lowest BCUT2D eigenvalue weighted by Gasteiger charge is -2.26. The fourth-order valence-corrected chi connectivity index (χ4v) is 4.37. The standard InChI is InChI=1S/C27H24N2O6/c1-2-33-20-7-3-6-18(13-20)24-23(25(30)19-8-9-21-22(14-19)35-12-11-34-21)26(31)27(32)29(24)16-17-5-4-10-28-15-17/h3-10,13-15,24,30H,2,11-12,16H2,1H3/t24-/m1/s1. The Morgan fingerprint density at radius 3 is 2.69 bits per heavy atom. The zero-order valence-corrected chi connectivity index (χ0v) is 19.1. The number of aliphatic hydroxyl groups excluding tert-OH is 1. The summed E-state index contributed by atoms with van der Waals surface area (Å²) in [6.07, 6.45) is 3.29. The van der Waals surface area contributed by atoms with E-state index in [4.69, 9.17) is 14.2 Å². The van der Waals surface area contributed by atoms with E-state index >= 15 is 0 Å². The molecule has 2 aliphatic heterocycles. The number of benzene rings is 2. The highest BCUT2D eigenvalue weighted by Crippen LogP contribution is 2.42. The molecule has 5 rings (SSSR count). The molecule has 3 aromatic rings. The van der Waals surface area contributed by atoms with Gasteiger partial charge in [0.2, 0.25) is 0 Å². The van der Waals surface area contributed by atoms with Gasteiger partial charge in [0.1, 0.15) is 24.7 Å². The average Bonchev–Trinajstić information content (AvgIpc) is 3.14. The van der Waals surface area contributed by atoms with Gasteiger partial charge < -0.3 is 24.2 Å². The topological polar surface area (TPSA) is 98.2 Å². The maximum atomic E-state index is 13.3. The number of ether oxygens (including phenoxy) is 3. The fourth-order valence-electron chi connectivity index (χ4n) is 4.37. The van der Waals surface area contributed by atoms with E-state index < -0.39 is 17.7 Å². The number of hydrogen-bond donors (Lipinski definition) is 1. The first-order valence-corrected chi connectivity index (χ1v) is 11.4. The molecule has 8 heteroatoms. The summed E-state index contributed by atoms with van der Waals surface area (Å²) in [5.74, 6) is -0.0875. The molecular formula is C27H24N2O6. The van der Waals surface area contributed by atoms with Crippen LogP contribution in [0.15, 0.2) is 72.6 Å². The molecule has 1 atom stereocenters. The molecule has 0 aliphatic carbocycles. The Morgan fingerprint density at radius 2 is 1.91 bits per heavy atom. The van der Waals surface area contributed by atoms with Crippen LogP contribution in [-0.2, 0) is 16.1 Å². The molecule has 3 heterocycles. The Labute approximate surface area is 202 Å². The lowest BCUT2D eigenvalue weighted by atomic mass is 9.95. The SMILES string of the molecule is CCOc1cccc([C@@H]2C(=C(O)c3ccc4c(c3)OCCO4)C(=O)C(=O)N2Cc2cccnc2)c1. The first-order valence-electron chi connectivity index (χ1n) is 11.4. The summed E-state index contributed by atoms with van der Waals surface area (Å²) >= 11 is 0. The number of carbonyl (C=O) groups is 2. The first kappa shape index (κ1) is 22.5. The van der Waals surface area contributed by atoms with Crippen LogP contribution in [0.5, 0.6) is 17.2 Å². The highest BCUT2D eigenvalue weighted by molar-refractivity contribution is 6.46. The van der Waals surface area contributed by atoms with E-state index in [1.54, 1.807) is 54.9 Å². The van der Waals surface area contributed by atoms with Gasteiger partial charge in [-0.05, 0) is 54.4 Å². The van der Waals surface area contributed by atoms with Crippen molar-refractivity contribution in [2.75, 3.05) is 19.8 Å². The number of rotatable bonds is 6. The van der Waals surface area contributed by atoms with Gasteiger partial charge in [-0.15, -0.1) is 0 Å². The minimum atomic E-state index is -0.816. The lowest BCUT2D eigenvalue weighted by molar-refractivity contribution is -0.140. The third-order valence-corrected chi connectivity index (χ3v) is 5.92. The molecule has 0 spiro atoms. The summed E-state index contributed by atoms with van der Waals surface area (Å²) in [5, 5.41) is 11.3. The number of nitrogens with zero attached hydrogens (tertiary/aromatic N) is 2. The summed E-state index contributed by atoms with van der Waals surface area (Å²) in [4.78, 5) is 32.1. The summed E-state index contributed by atoms with van der Waals surface area (Å²) in [6, 6.07) is 14.9. The van der Waals surface area contributed by atoms with Gasteiger partial charge in [-0.2, -0.15) is 0 Å². The van der Waals surface area contributed by atoms with Crippen molar-refractivity contribution in [2.45, 2.75) is 19.5 Å². The van der Waals surface area contributed by atoms with Crippen molar-refractivity contribution in [1.82, 2.24) is 9.88 Å². The molecule has 2 aromatic carbocycles. The molecule has 178 valence electrons. The van der Waals surface area contributed by atoms with E-state index in [1.807, 2.05) is 19.1 Å². The Bertz CT molecular complexity index is 1300. The van der Waals surface area contributed by atoms with Crippen LogP contribution < -0.4 is 14.2 Å². The molecule has 35 heavy (non-hydrogen) atoms. The van der Waals surface area contributed by atoms with Crippen LogP contribution in [-0.4, -0.2) is 46.5 Å². The highest BCUT2D eigenvalue weighted by Gasteiger charge is 2.46. The van der Waals surface area contributed by atoms with Gasteiger partial charge in [0.15, 0.2) is 11.5 Å². The largest absolute Gasteiger partial charge is 0.507 e. The number of fused-ring (bicyclic) bond motifs is 1. The van der Waals surface area contributed by atoms with Gasteiger partial charge >= 0.3 is 0 Å². The van der Waals surface area contributed by atoms with E-state index in [9.17, 15) is 14.7 Å². The minimum absolute atomic E-state index is 0.00390. The first-order chi connectivity index (χ1) is 17.1. The average molecular weight is 472 g/mol. The van der Waals surface area contributed by atoms with Crippen molar-refractivity contribution >= 4 is 17.4 Å². The number of hydrogen-bond acceptors (Lipinski definition) is 7. The molecule has 1 aromatic heterocycles. The van der Waals surface area contributed by atoms with Gasteiger partial charge in [-0.3, -0.25) is 14.6 Å². The molecule has 0 bridgehead atoms. The van der Waals surface area contributed by atoms with Crippen molar-refractivity contribution < 1.29 is 28.9 Å². The normalized spacial score (nSPS) is 18.5. The van der Waals surface area contributed by atoms with Crippen LogP contribution in [0, 0.1) is 0 Å². The Morgan fingerprint density at radius 1 is 1.09 bits per heavy atom. The van der Waals surface area contributed by atoms with E-state index in [-0.39, 0.29) is 17.9 Å². The highest BCUT2D eigenvalue weighted by atomic mass is 16.6. The molecule has 1 amide bonds. The minimum Gasteiger partial charge on any atom is -0.507 e. The second-order valence-corrected chi connectivity index (χ2v) is 8.15. The van der Waals surface area contributed by atoms with E-state index in [1.165, 1.54) is 4.90 Å². The number of Topliss-reactive ketones (excluding diaryl/α,β-unsaturated/α-hetero) is 1. The maximum absolute atomic E-state index is 13.3. The lowest BCUT2D eigenvalue weighted by Crippen LogP contribution is -2.29. The molecule has 1 N–H and O–H groups in total. The summed E-state index contributed by atoms with van der Waals surface area (Å²) in [6.45, 7) is 3.32. The zero-order chi connectivity index (χ0) is 24.4. The van der Waals surface area contributed by atoms with Crippen molar-refractivity contribution in [3.05, 3.63) is 89.3 Å². The number of amides is 1. The van der Waals surface area contributed by atoms with E-state index in [0.717, 1.165) is 5.56 Å².